The standard InChI is InChI=1S/C17H26N2O5S/c1-12-8-13(2)19(10-12)11-14(20)9-18-25(22,23)16-7-5-4-6-15(16)17(21)24-3/h4-7,12-14,18,20H,8-11H2,1-3H3/t12?,13?,14-/m0/s1. The summed E-state index contributed by atoms with van der Waals surface area (Å²) in [7, 11) is -2.73. The number of benzene rings is 1. The zero-order chi connectivity index (χ0) is 18.6. The Balaban J connectivity index is 2.01. The number of aliphatic hydroxyl groups excluding tert-OH is 1. The van der Waals surface area contributed by atoms with Crippen LogP contribution in [0.4, 0.5) is 0 Å². The van der Waals surface area contributed by atoms with Gasteiger partial charge in [-0.05, 0) is 31.4 Å². The maximum atomic E-state index is 12.5. The zero-order valence-electron chi connectivity index (χ0n) is 14.8. The predicted octanol–water partition coefficient (Wildman–Crippen LogP) is 0.843. The third-order valence-corrected chi connectivity index (χ3v) is 5.93. The second kappa shape index (κ2) is 8.27. The van der Waals surface area contributed by atoms with E-state index in [0.717, 1.165) is 13.0 Å². The number of likely N-dealkylation sites (tertiary alicyclic amines) is 1. The van der Waals surface area contributed by atoms with Crippen molar-refractivity contribution >= 4 is 16.0 Å². The van der Waals surface area contributed by atoms with Gasteiger partial charge in [-0.3, -0.25) is 4.90 Å². The summed E-state index contributed by atoms with van der Waals surface area (Å²) in [5, 5.41) is 10.2. The molecule has 0 amide bonds. The zero-order valence-corrected chi connectivity index (χ0v) is 15.6. The smallest absolute Gasteiger partial charge is 0.339 e. The lowest BCUT2D eigenvalue weighted by Gasteiger charge is -2.24. The average Bonchev–Trinajstić information content (AvgIpc) is 2.89. The van der Waals surface area contributed by atoms with E-state index >= 15 is 0 Å². The molecule has 140 valence electrons. The lowest BCUT2D eigenvalue weighted by atomic mass is 10.1. The molecule has 3 atom stereocenters. The van der Waals surface area contributed by atoms with Crippen molar-refractivity contribution in [3.63, 3.8) is 0 Å². The van der Waals surface area contributed by atoms with Crippen LogP contribution >= 0.6 is 0 Å². The van der Waals surface area contributed by atoms with Gasteiger partial charge in [0, 0.05) is 25.7 Å². The van der Waals surface area contributed by atoms with Gasteiger partial charge in [0.25, 0.3) is 0 Å². The molecule has 2 N–H and O–H groups in total. The summed E-state index contributed by atoms with van der Waals surface area (Å²) in [4.78, 5) is 13.7. The van der Waals surface area contributed by atoms with E-state index in [4.69, 9.17) is 0 Å². The third-order valence-electron chi connectivity index (χ3n) is 4.45. The first-order valence-electron chi connectivity index (χ1n) is 8.33. The number of esters is 1. The van der Waals surface area contributed by atoms with E-state index in [-0.39, 0.29) is 17.0 Å². The highest BCUT2D eigenvalue weighted by molar-refractivity contribution is 7.89. The number of sulfonamides is 1. The highest BCUT2D eigenvalue weighted by atomic mass is 32.2. The molecule has 0 saturated carbocycles. The molecule has 1 aliphatic rings. The summed E-state index contributed by atoms with van der Waals surface area (Å²) in [6.45, 7) is 5.46. The number of nitrogens with one attached hydrogen (secondary N) is 1. The number of carbonyl (C=O) groups excluding carboxylic acids is 1. The van der Waals surface area contributed by atoms with Gasteiger partial charge in [-0.25, -0.2) is 17.9 Å². The van der Waals surface area contributed by atoms with Crippen LogP contribution in [0.15, 0.2) is 29.2 Å². The fourth-order valence-electron chi connectivity index (χ4n) is 3.24. The van der Waals surface area contributed by atoms with Crippen molar-refractivity contribution in [2.45, 2.75) is 37.3 Å². The normalized spacial score (nSPS) is 22.7. The largest absolute Gasteiger partial charge is 0.465 e. The van der Waals surface area contributed by atoms with Gasteiger partial charge in [-0.15, -0.1) is 0 Å². The lowest BCUT2D eigenvalue weighted by molar-refractivity contribution is 0.0596. The first kappa shape index (κ1) is 19.8. The molecule has 1 heterocycles. The molecule has 0 spiro atoms. The topological polar surface area (TPSA) is 95.9 Å². The Morgan fingerprint density at radius 2 is 2.08 bits per heavy atom. The monoisotopic (exact) mass is 370 g/mol. The lowest BCUT2D eigenvalue weighted by Crippen LogP contribution is -2.41. The molecular weight excluding hydrogens is 344 g/mol. The van der Waals surface area contributed by atoms with Crippen molar-refractivity contribution in [2.24, 2.45) is 5.92 Å². The fourth-order valence-corrected chi connectivity index (χ4v) is 4.51. The van der Waals surface area contributed by atoms with Crippen LogP contribution in [0.25, 0.3) is 0 Å². The first-order valence-corrected chi connectivity index (χ1v) is 9.82. The van der Waals surface area contributed by atoms with E-state index in [9.17, 15) is 18.3 Å². The molecule has 1 aromatic carbocycles. The number of rotatable bonds is 7. The Morgan fingerprint density at radius 3 is 2.68 bits per heavy atom. The molecule has 2 unspecified atom stereocenters. The van der Waals surface area contributed by atoms with Crippen molar-refractivity contribution in [1.29, 1.82) is 0 Å². The summed E-state index contributed by atoms with van der Waals surface area (Å²) < 4.78 is 32.0. The van der Waals surface area contributed by atoms with Crippen molar-refractivity contribution < 1.29 is 23.1 Å². The first-order chi connectivity index (χ1) is 11.7. The van der Waals surface area contributed by atoms with E-state index in [0.29, 0.717) is 18.5 Å². The van der Waals surface area contributed by atoms with Gasteiger partial charge >= 0.3 is 5.97 Å². The Kier molecular flexibility index (Phi) is 6.56. The number of β-amino-alcohol motifs (C(OH)–C–C–N with tert-alkyl or cyclic N) is 1. The van der Waals surface area contributed by atoms with Crippen LogP contribution in [0, 0.1) is 5.92 Å². The Labute approximate surface area is 149 Å². The highest BCUT2D eigenvalue weighted by Gasteiger charge is 2.28. The molecule has 7 nitrogen and oxygen atoms in total. The number of methoxy groups -OCH3 is 1. The minimum absolute atomic E-state index is 0.0334. The number of hydrogen-bond donors (Lipinski definition) is 2. The van der Waals surface area contributed by atoms with Crippen LogP contribution in [-0.4, -0.2) is 63.3 Å². The van der Waals surface area contributed by atoms with Gasteiger partial charge in [0.1, 0.15) is 0 Å². The van der Waals surface area contributed by atoms with Gasteiger partial charge in [-0.2, -0.15) is 0 Å². The molecule has 25 heavy (non-hydrogen) atoms. The average molecular weight is 370 g/mol. The minimum atomic E-state index is -3.93. The van der Waals surface area contributed by atoms with Crippen molar-refractivity contribution in [3.8, 4) is 0 Å². The molecule has 8 heteroatoms. The Hall–Kier alpha value is -1.48. The third kappa shape index (κ3) is 5.01. The maximum Gasteiger partial charge on any atom is 0.339 e. The number of nitrogens with zero attached hydrogens (tertiary/aromatic N) is 1. The summed E-state index contributed by atoms with van der Waals surface area (Å²) in [5.74, 6) is -0.146. The van der Waals surface area contributed by atoms with Crippen LogP contribution in [0.1, 0.15) is 30.6 Å². The van der Waals surface area contributed by atoms with Crippen LogP contribution < -0.4 is 4.72 Å². The molecule has 0 radical (unpaired) electrons. The molecule has 1 aromatic rings. The minimum Gasteiger partial charge on any atom is -0.465 e. The molecular formula is C17H26N2O5S. The van der Waals surface area contributed by atoms with Crippen molar-refractivity contribution in [1.82, 2.24) is 9.62 Å². The second-order valence-electron chi connectivity index (χ2n) is 6.64. The van der Waals surface area contributed by atoms with E-state index < -0.39 is 22.1 Å². The molecule has 1 aliphatic heterocycles. The van der Waals surface area contributed by atoms with Crippen LogP contribution in [0.3, 0.4) is 0 Å². The quantitative estimate of drug-likeness (QED) is 0.691. The molecule has 2 rings (SSSR count). The Morgan fingerprint density at radius 1 is 1.40 bits per heavy atom. The van der Waals surface area contributed by atoms with Gasteiger partial charge in [-0.1, -0.05) is 19.1 Å². The summed E-state index contributed by atoms with van der Waals surface area (Å²) in [5.41, 5.74) is -0.0334. The van der Waals surface area contributed by atoms with E-state index in [1.807, 2.05) is 0 Å². The summed E-state index contributed by atoms with van der Waals surface area (Å²) >= 11 is 0. The van der Waals surface area contributed by atoms with Gasteiger partial charge in [0.15, 0.2) is 0 Å². The highest BCUT2D eigenvalue weighted by Crippen LogP contribution is 2.22. The molecule has 0 aliphatic carbocycles. The van der Waals surface area contributed by atoms with Crippen LogP contribution in [0.5, 0.6) is 0 Å². The van der Waals surface area contributed by atoms with Gasteiger partial charge < -0.3 is 9.84 Å². The number of carbonyl (C=O) groups is 1. The molecule has 0 bridgehead atoms. The van der Waals surface area contributed by atoms with E-state index in [1.165, 1.54) is 25.3 Å². The summed E-state index contributed by atoms with van der Waals surface area (Å²) in [6.07, 6.45) is 0.248. The number of ether oxygens (including phenoxy) is 1. The van der Waals surface area contributed by atoms with Crippen LogP contribution in [-0.2, 0) is 14.8 Å². The van der Waals surface area contributed by atoms with E-state index in [2.05, 4.69) is 28.2 Å². The van der Waals surface area contributed by atoms with E-state index in [1.54, 1.807) is 6.07 Å². The second-order valence-corrected chi connectivity index (χ2v) is 8.37. The van der Waals surface area contributed by atoms with Crippen molar-refractivity contribution in [2.75, 3.05) is 26.7 Å². The fraction of sp³-hybridized carbons (Fsp3) is 0.588. The molecule has 1 fully saturated rings. The maximum absolute atomic E-state index is 12.5. The SMILES string of the molecule is COC(=O)c1ccccc1S(=O)(=O)NC[C@H](O)CN1CC(C)CC1C. The number of aliphatic hydroxyl groups is 1. The van der Waals surface area contributed by atoms with Crippen LogP contribution in [0.2, 0.25) is 0 Å². The van der Waals surface area contributed by atoms with Gasteiger partial charge in [0.05, 0.1) is 23.7 Å². The Bertz CT molecular complexity index is 707. The number of hydrogen-bond acceptors (Lipinski definition) is 6. The van der Waals surface area contributed by atoms with Gasteiger partial charge in [0.2, 0.25) is 10.0 Å². The molecule has 1 saturated heterocycles. The van der Waals surface area contributed by atoms with Crippen molar-refractivity contribution in [3.05, 3.63) is 29.8 Å². The predicted molar refractivity (Wildman–Crippen MR) is 93.8 cm³/mol. The summed E-state index contributed by atoms with van der Waals surface area (Å²) in [6, 6.07) is 6.21. The molecule has 0 aromatic heterocycles.